The van der Waals surface area contributed by atoms with Gasteiger partial charge in [-0.05, 0) is 28.1 Å². The molecule has 2 rings (SSSR count). The molecule has 1 aromatic heterocycles. The topological polar surface area (TPSA) is 57.8 Å². The van der Waals surface area contributed by atoms with Crippen molar-refractivity contribution in [3.05, 3.63) is 52.5 Å². The molecule has 0 aliphatic carbocycles. The summed E-state index contributed by atoms with van der Waals surface area (Å²) in [4.78, 5) is 18.7. The highest BCUT2D eigenvalue weighted by Crippen LogP contribution is 2.15. The Morgan fingerprint density at radius 1 is 1.44 bits per heavy atom. The highest BCUT2D eigenvalue weighted by atomic mass is 79.9. The van der Waals surface area contributed by atoms with Crippen LogP contribution in [0.25, 0.3) is 0 Å². The van der Waals surface area contributed by atoms with Crippen LogP contribution in [-0.2, 0) is 6.54 Å². The maximum atomic E-state index is 11.8. The Bertz CT molecular complexity index is 482. The minimum Gasteiger partial charge on any atom is -0.347 e. The fourth-order valence-electron chi connectivity index (χ4n) is 1.30. The molecule has 4 nitrogen and oxygen atoms in total. The largest absolute Gasteiger partial charge is 0.347 e. The van der Waals surface area contributed by atoms with E-state index in [-0.39, 0.29) is 5.91 Å². The van der Waals surface area contributed by atoms with Gasteiger partial charge >= 0.3 is 0 Å². The molecule has 1 aromatic carbocycles. The first-order valence-electron chi connectivity index (χ1n) is 4.78. The van der Waals surface area contributed by atoms with Gasteiger partial charge in [-0.1, -0.05) is 12.1 Å². The van der Waals surface area contributed by atoms with E-state index in [2.05, 4.69) is 31.2 Å². The van der Waals surface area contributed by atoms with Gasteiger partial charge in [-0.25, -0.2) is 4.98 Å². The van der Waals surface area contributed by atoms with E-state index in [0.29, 0.717) is 12.1 Å². The van der Waals surface area contributed by atoms with Gasteiger partial charge in [-0.2, -0.15) is 0 Å². The van der Waals surface area contributed by atoms with Gasteiger partial charge in [0.25, 0.3) is 5.91 Å². The number of benzene rings is 1. The third kappa shape index (κ3) is 2.49. The lowest BCUT2D eigenvalue weighted by molar-refractivity contribution is 0.0949. The second kappa shape index (κ2) is 4.94. The summed E-state index contributed by atoms with van der Waals surface area (Å²) in [6.07, 6.45) is 3.37. The zero-order valence-corrected chi connectivity index (χ0v) is 9.99. The average molecular weight is 280 g/mol. The Kier molecular flexibility index (Phi) is 3.36. The quantitative estimate of drug-likeness (QED) is 0.904. The molecule has 0 atom stereocenters. The van der Waals surface area contributed by atoms with E-state index in [0.717, 1.165) is 10.3 Å². The van der Waals surface area contributed by atoms with Gasteiger partial charge in [0.05, 0.1) is 12.1 Å². The van der Waals surface area contributed by atoms with Crippen molar-refractivity contribution in [3.63, 3.8) is 0 Å². The maximum absolute atomic E-state index is 11.8. The van der Waals surface area contributed by atoms with Crippen molar-refractivity contribution in [2.45, 2.75) is 6.54 Å². The zero-order chi connectivity index (χ0) is 11.4. The first-order valence-corrected chi connectivity index (χ1v) is 5.57. The third-order valence-corrected chi connectivity index (χ3v) is 2.78. The molecule has 0 radical (unpaired) electrons. The minimum absolute atomic E-state index is 0.121. The van der Waals surface area contributed by atoms with Crippen LogP contribution in [0.3, 0.4) is 0 Å². The molecule has 0 saturated heterocycles. The van der Waals surface area contributed by atoms with Crippen molar-refractivity contribution in [1.29, 1.82) is 0 Å². The number of nitrogens with one attached hydrogen (secondary N) is 2. The molecule has 0 aliphatic rings. The van der Waals surface area contributed by atoms with Gasteiger partial charge in [0.2, 0.25) is 0 Å². The Balaban J connectivity index is 2.01. The number of rotatable bonds is 3. The average Bonchev–Trinajstić information content (AvgIpc) is 2.79. The van der Waals surface area contributed by atoms with Crippen molar-refractivity contribution in [1.82, 2.24) is 15.3 Å². The molecule has 1 heterocycles. The number of carbonyl (C=O) groups excluding carboxylic acids is 1. The van der Waals surface area contributed by atoms with Crippen LogP contribution in [0.2, 0.25) is 0 Å². The lowest BCUT2D eigenvalue weighted by Crippen LogP contribution is -2.23. The van der Waals surface area contributed by atoms with E-state index in [9.17, 15) is 4.79 Å². The predicted molar refractivity (Wildman–Crippen MR) is 63.9 cm³/mol. The predicted octanol–water partition coefficient (Wildman–Crippen LogP) is 2.10. The summed E-state index contributed by atoms with van der Waals surface area (Å²) in [6, 6.07) is 7.29. The highest BCUT2D eigenvalue weighted by molar-refractivity contribution is 9.10. The molecule has 0 saturated carbocycles. The van der Waals surface area contributed by atoms with Crippen LogP contribution in [0, 0.1) is 0 Å². The van der Waals surface area contributed by atoms with Crippen molar-refractivity contribution >= 4 is 21.8 Å². The number of aromatic nitrogens is 2. The first kappa shape index (κ1) is 10.9. The van der Waals surface area contributed by atoms with Crippen LogP contribution < -0.4 is 5.32 Å². The van der Waals surface area contributed by atoms with Crippen molar-refractivity contribution in [3.8, 4) is 0 Å². The Hall–Kier alpha value is -1.62. The number of imidazole rings is 1. The summed E-state index contributed by atoms with van der Waals surface area (Å²) in [6.45, 7) is 0.396. The van der Waals surface area contributed by atoms with E-state index in [1.807, 2.05) is 18.2 Å². The monoisotopic (exact) mass is 279 g/mol. The van der Waals surface area contributed by atoms with Gasteiger partial charge < -0.3 is 10.3 Å². The number of aromatic amines is 1. The number of hydrogen-bond donors (Lipinski definition) is 2. The van der Waals surface area contributed by atoms with Crippen LogP contribution in [0.5, 0.6) is 0 Å². The van der Waals surface area contributed by atoms with E-state index in [1.54, 1.807) is 18.5 Å². The van der Waals surface area contributed by atoms with Gasteiger partial charge in [-0.15, -0.1) is 0 Å². The standard InChI is InChI=1S/C11H10BrN3O/c12-9-4-2-1-3-8(9)11(16)15-7-10-13-5-6-14-10/h1-6H,7H2,(H,13,14)(H,15,16). The second-order valence-electron chi connectivity index (χ2n) is 3.20. The van der Waals surface area contributed by atoms with Gasteiger partial charge in [0.1, 0.15) is 5.82 Å². The molecule has 0 unspecified atom stereocenters. The molecule has 16 heavy (non-hydrogen) atoms. The minimum atomic E-state index is -0.121. The van der Waals surface area contributed by atoms with Crippen LogP contribution in [0.1, 0.15) is 16.2 Å². The van der Waals surface area contributed by atoms with Crippen LogP contribution >= 0.6 is 15.9 Å². The summed E-state index contributed by atoms with van der Waals surface area (Å²) >= 11 is 3.33. The zero-order valence-electron chi connectivity index (χ0n) is 8.40. The lowest BCUT2D eigenvalue weighted by atomic mass is 10.2. The van der Waals surface area contributed by atoms with Crippen molar-refractivity contribution in [2.75, 3.05) is 0 Å². The number of H-pyrrole nitrogens is 1. The molecule has 2 N–H and O–H groups in total. The number of hydrogen-bond acceptors (Lipinski definition) is 2. The number of halogens is 1. The fourth-order valence-corrected chi connectivity index (χ4v) is 1.76. The van der Waals surface area contributed by atoms with Crippen molar-refractivity contribution in [2.24, 2.45) is 0 Å². The number of amides is 1. The van der Waals surface area contributed by atoms with Crippen LogP contribution in [0.15, 0.2) is 41.1 Å². The van der Waals surface area contributed by atoms with Gasteiger partial charge in [-0.3, -0.25) is 4.79 Å². The first-order chi connectivity index (χ1) is 7.77. The van der Waals surface area contributed by atoms with Crippen LogP contribution in [-0.4, -0.2) is 15.9 Å². The number of nitrogens with zero attached hydrogens (tertiary/aromatic N) is 1. The van der Waals surface area contributed by atoms with E-state index in [4.69, 9.17) is 0 Å². The summed E-state index contributed by atoms with van der Waals surface area (Å²) in [5.41, 5.74) is 0.619. The maximum Gasteiger partial charge on any atom is 0.252 e. The molecule has 2 aromatic rings. The van der Waals surface area contributed by atoms with Gasteiger partial charge in [0, 0.05) is 16.9 Å². The van der Waals surface area contributed by atoms with E-state index < -0.39 is 0 Å². The molecule has 0 spiro atoms. The number of carbonyl (C=O) groups is 1. The smallest absolute Gasteiger partial charge is 0.252 e. The second-order valence-corrected chi connectivity index (χ2v) is 4.05. The molecule has 82 valence electrons. The Labute approximate surface area is 101 Å². The molecule has 0 aliphatic heterocycles. The third-order valence-electron chi connectivity index (χ3n) is 2.09. The molecule has 0 bridgehead atoms. The van der Waals surface area contributed by atoms with Crippen LogP contribution in [0.4, 0.5) is 0 Å². The summed E-state index contributed by atoms with van der Waals surface area (Å²) in [7, 11) is 0. The van der Waals surface area contributed by atoms with Gasteiger partial charge in [0.15, 0.2) is 0 Å². The highest BCUT2D eigenvalue weighted by Gasteiger charge is 2.08. The van der Waals surface area contributed by atoms with E-state index >= 15 is 0 Å². The summed E-state index contributed by atoms with van der Waals surface area (Å²) in [5.74, 6) is 0.615. The molecule has 0 fully saturated rings. The summed E-state index contributed by atoms with van der Waals surface area (Å²) < 4.78 is 0.784. The lowest BCUT2D eigenvalue weighted by Gasteiger charge is -2.04. The fraction of sp³-hybridized carbons (Fsp3) is 0.0909. The van der Waals surface area contributed by atoms with E-state index in [1.165, 1.54) is 0 Å². The molecular weight excluding hydrogens is 270 g/mol. The molecular formula is C11H10BrN3O. The molecule has 5 heteroatoms. The molecule has 1 amide bonds. The van der Waals surface area contributed by atoms with Crippen molar-refractivity contribution < 1.29 is 4.79 Å². The normalized spacial score (nSPS) is 10.1. The Morgan fingerprint density at radius 3 is 2.94 bits per heavy atom. The SMILES string of the molecule is O=C(NCc1ncc[nH]1)c1ccccc1Br. The Morgan fingerprint density at radius 2 is 2.25 bits per heavy atom. The summed E-state index contributed by atoms with van der Waals surface area (Å²) in [5, 5.41) is 2.78.